The number of likely N-dealkylation sites (tertiary alicyclic amines) is 1. The second-order valence-electron chi connectivity index (χ2n) is 6.76. The Morgan fingerprint density at radius 3 is 2.55 bits per heavy atom. The minimum absolute atomic E-state index is 0.260. The summed E-state index contributed by atoms with van der Waals surface area (Å²) in [7, 11) is 0. The number of piperidine rings is 1. The molecule has 1 atom stereocenters. The van der Waals surface area contributed by atoms with E-state index in [1.807, 2.05) is 25.7 Å². The largest absolute Gasteiger partial charge is 0.342 e. The highest BCUT2D eigenvalue weighted by Gasteiger charge is 2.30. The van der Waals surface area contributed by atoms with Gasteiger partial charge in [0.05, 0.1) is 0 Å². The van der Waals surface area contributed by atoms with Gasteiger partial charge in [-0.3, -0.25) is 4.79 Å². The molecule has 0 bridgehead atoms. The van der Waals surface area contributed by atoms with Crippen molar-refractivity contribution in [3.63, 3.8) is 0 Å². The predicted octanol–water partition coefficient (Wildman–Crippen LogP) is 3.44. The molecule has 1 N–H and O–H groups in total. The molecule has 1 aliphatic heterocycles. The van der Waals surface area contributed by atoms with Crippen molar-refractivity contribution < 1.29 is 4.79 Å². The van der Waals surface area contributed by atoms with Crippen molar-refractivity contribution in [1.82, 2.24) is 10.2 Å². The molecule has 1 aromatic rings. The van der Waals surface area contributed by atoms with Crippen molar-refractivity contribution in [2.24, 2.45) is 5.41 Å². The van der Waals surface area contributed by atoms with E-state index in [1.54, 1.807) is 11.3 Å². The molecular formula is C16H26N2OS. The summed E-state index contributed by atoms with van der Waals surface area (Å²) in [6.07, 6.45) is 2.10. The molecule has 0 radical (unpaired) electrons. The molecule has 0 aromatic carbocycles. The highest BCUT2D eigenvalue weighted by atomic mass is 32.1. The van der Waals surface area contributed by atoms with Crippen molar-refractivity contribution in [3.05, 3.63) is 22.4 Å². The normalized spacial score (nSPS) is 19.1. The fraction of sp³-hybridized carbons (Fsp3) is 0.688. The maximum atomic E-state index is 12.2. The third-order valence-electron chi connectivity index (χ3n) is 3.95. The van der Waals surface area contributed by atoms with Crippen LogP contribution in [0, 0.1) is 5.41 Å². The summed E-state index contributed by atoms with van der Waals surface area (Å²) in [6, 6.07) is 3.10. The Bertz CT molecular complexity index is 428. The SMILES string of the molecule is CC(NC1CCN(C(=O)C(C)(C)C)CC1)c1ccsc1. The van der Waals surface area contributed by atoms with E-state index in [2.05, 4.69) is 29.1 Å². The van der Waals surface area contributed by atoms with E-state index in [0.717, 1.165) is 25.9 Å². The highest BCUT2D eigenvalue weighted by Crippen LogP contribution is 2.23. The summed E-state index contributed by atoms with van der Waals surface area (Å²) in [4.78, 5) is 14.3. The first kappa shape index (κ1) is 15.5. The van der Waals surface area contributed by atoms with E-state index >= 15 is 0 Å². The van der Waals surface area contributed by atoms with Crippen LogP contribution in [0.5, 0.6) is 0 Å². The van der Waals surface area contributed by atoms with E-state index < -0.39 is 0 Å². The Morgan fingerprint density at radius 1 is 1.40 bits per heavy atom. The Labute approximate surface area is 126 Å². The number of hydrogen-bond acceptors (Lipinski definition) is 3. The zero-order chi connectivity index (χ0) is 14.8. The Balaban J connectivity index is 1.81. The first-order chi connectivity index (χ1) is 9.38. The number of rotatable bonds is 3. The number of nitrogens with zero attached hydrogens (tertiary/aromatic N) is 1. The Hall–Kier alpha value is -0.870. The van der Waals surface area contributed by atoms with Crippen molar-refractivity contribution in [2.75, 3.05) is 13.1 Å². The highest BCUT2D eigenvalue weighted by molar-refractivity contribution is 7.07. The maximum Gasteiger partial charge on any atom is 0.227 e. The van der Waals surface area contributed by atoms with Gasteiger partial charge in [-0.1, -0.05) is 20.8 Å². The average Bonchev–Trinajstić information content (AvgIpc) is 2.91. The molecule has 20 heavy (non-hydrogen) atoms. The molecule has 112 valence electrons. The molecule has 0 aliphatic carbocycles. The molecule has 1 amide bonds. The van der Waals surface area contributed by atoms with E-state index in [9.17, 15) is 4.79 Å². The molecular weight excluding hydrogens is 268 g/mol. The minimum Gasteiger partial charge on any atom is -0.342 e. The molecule has 2 rings (SSSR count). The van der Waals surface area contributed by atoms with Crippen LogP contribution < -0.4 is 5.32 Å². The molecule has 1 unspecified atom stereocenters. The van der Waals surface area contributed by atoms with Crippen molar-refractivity contribution in [1.29, 1.82) is 0 Å². The molecule has 1 aliphatic rings. The van der Waals surface area contributed by atoms with Crippen molar-refractivity contribution in [2.45, 2.75) is 52.6 Å². The molecule has 3 nitrogen and oxygen atoms in total. The van der Waals surface area contributed by atoms with Gasteiger partial charge in [0.2, 0.25) is 5.91 Å². The van der Waals surface area contributed by atoms with E-state index in [0.29, 0.717) is 12.1 Å². The van der Waals surface area contributed by atoms with Gasteiger partial charge in [0.15, 0.2) is 0 Å². The van der Waals surface area contributed by atoms with Crippen LogP contribution in [-0.2, 0) is 4.79 Å². The first-order valence-electron chi connectivity index (χ1n) is 7.45. The lowest BCUT2D eigenvalue weighted by molar-refractivity contribution is -0.140. The number of hydrogen-bond donors (Lipinski definition) is 1. The molecule has 1 aromatic heterocycles. The van der Waals surface area contributed by atoms with Crippen LogP contribution in [0.15, 0.2) is 16.8 Å². The fourth-order valence-corrected chi connectivity index (χ4v) is 3.45. The number of thiophene rings is 1. The van der Waals surface area contributed by atoms with Crippen LogP contribution in [-0.4, -0.2) is 29.9 Å². The summed E-state index contributed by atoms with van der Waals surface area (Å²) in [5.41, 5.74) is 1.10. The predicted molar refractivity (Wildman–Crippen MR) is 84.9 cm³/mol. The maximum absolute atomic E-state index is 12.2. The monoisotopic (exact) mass is 294 g/mol. The molecule has 0 saturated carbocycles. The van der Waals surface area contributed by atoms with Gasteiger partial charge in [0.25, 0.3) is 0 Å². The van der Waals surface area contributed by atoms with Crippen LogP contribution in [0.25, 0.3) is 0 Å². The smallest absolute Gasteiger partial charge is 0.227 e. The lowest BCUT2D eigenvalue weighted by atomic mass is 9.93. The van der Waals surface area contributed by atoms with Gasteiger partial charge in [-0.15, -0.1) is 0 Å². The second kappa shape index (κ2) is 6.27. The van der Waals surface area contributed by atoms with Gasteiger partial charge < -0.3 is 10.2 Å². The van der Waals surface area contributed by atoms with Crippen molar-refractivity contribution >= 4 is 17.2 Å². The molecule has 4 heteroatoms. The lowest BCUT2D eigenvalue weighted by Crippen LogP contribution is -2.48. The van der Waals surface area contributed by atoms with Gasteiger partial charge in [-0.2, -0.15) is 11.3 Å². The third kappa shape index (κ3) is 3.83. The van der Waals surface area contributed by atoms with Gasteiger partial charge in [0.1, 0.15) is 0 Å². The van der Waals surface area contributed by atoms with Crippen LogP contribution in [0.4, 0.5) is 0 Å². The second-order valence-corrected chi connectivity index (χ2v) is 7.54. The van der Waals surface area contributed by atoms with Crippen LogP contribution in [0.1, 0.15) is 52.1 Å². The Kier molecular flexibility index (Phi) is 4.86. The standard InChI is InChI=1S/C16H26N2OS/c1-12(13-7-10-20-11-13)17-14-5-8-18(9-6-14)15(19)16(2,3)4/h7,10-12,14,17H,5-6,8-9H2,1-4H3. The zero-order valence-electron chi connectivity index (χ0n) is 13.0. The van der Waals surface area contributed by atoms with Gasteiger partial charge >= 0.3 is 0 Å². The van der Waals surface area contributed by atoms with Crippen LogP contribution in [0.2, 0.25) is 0 Å². The van der Waals surface area contributed by atoms with Gasteiger partial charge in [-0.25, -0.2) is 0 Å². The van der Waals surface area contributed by atoms with Gasteiger partial charge in [-0.05, 0) is 42.2 Å². The number of carbonyl (C=O) groups is 1. The number of carbonyl (C=O) groups excluding carboxylic acids is 1. The third-order valence-corrected chi connectivity index (χ3v) is 4.65. The van der Waals surface area contributed by atoms with Crippen LogP contribution >= 0.6 is 11.3 Å². The fourth-order valence-electron chi connectivity index (χ4n) is 2.69. The minimum atomic E-state index is -0.260. The number of nitrogens with one attached hydrogen (secondary N) is 1. The van der Waals surface area contributed by atoms with E-state index in [4.69, 9.17) is 0 Å². The molecule has 1 fully saturated rings. The summed E-state index contributed by atoms with van der Waals surface area (Å²) in [5.74, 6) is 0.279. The molecule has 1 saturated heterocycles. The Morgan fingerprint density at radius 2 is 2.05 bits per heavy atom. The topological polar surface area (TPSA) is 32.3 Å². The number of amides is 1. The summed E-state index contributed by atoms with van der Waals surface area (Å²) in [5, 5.41) is 8.02. The lowest BCUT2D eigenvalue weighted by Gasteiger charge is -2.37. The van der Waals surface area contributed by atoms with Crippen molar-refractivity contribution in [3.8, 4) is 0 Å². The molecule has 0 spiro atoms. The first-order valence-corrected chi connectivity index (χ1v) is 8.39. The summed E-state index contributed by atoms with van der Waals surface area (Å²) in [6.45, 7) is 9.97. The quantitative estimate of drug-likeness (QED) is 0.926. The average molecular weight is 294 g/mol. The van der Waals surface area contributed by atoms with Gasteiger partial charge in [0, 0.05) is 30.6 Å². The summed E-state index contributed by atoms with van der Waals surface area (Å²) >= 11 is 1.74. The van der Waals surface area contributed by atoms with E-state index in [1.165, 1.54) is 5.56 Å². The summed E-state index contributed by atoms with van der Waals surface area (Å²) < 4.78 is 0. The zero-order valence-corrected chi connectivity index (χ0v) is 13.8. The van der Waals surface area contributed by atoms with Crippen LogP contribution in [0.3, 0.4) is 0 Å². The molecule has 2 heterocycles. The van der Waals surface area contributed by atoms with E-state index in [-0.39, 0.29) is 11.3 Å².